The molecule has 53 heavy (non-hydrogen) atoms. The van der Waals surface area contributed by atoms with Gasteiger partial charge in [-0.2, -0.15) is 0 Å². The standard InChI is InChI=1S/C48H29BN2O2/c1-4-14-30(15-5-1)31-28-42-44-43(29-31)53-48-39(27-25-37-35-21-11-13-23-41(35)51(46(37)48)33-18-8-3-9-19-33)49(44)38-26-24-36-34-20-10-12-22-40(34)50(45(36)47(38)52-42)32-16-6-2-7-17-32/h1-29H. The van der Waals surface area contributed by atoms with E-state index < -0.39 is 0 Å². The molecule has 5 heteroatoms. The number of aromatic nitrogens is 2. The van der Waals surface area contributed by atoms with Gasteiger partial charge in [0.05, 0.1) is 22.1 Å². The van der Waals surface area contributed by atoms with Crippen molar-refractivity contribution >= 4 is 66.7 Å². The van der Waals surface area contributed by atoms with Crippen molar-refractivity contribution < 1.29 is 9.47 Å². The molecule has 4 heterocycles. The average molecular weight is 677 g/mol. The Hall–Kier alpha value is -6.98. The fourth-order valence-electron chi connectivity index (χ4n) is 9.00. The van der Waals surface area contributed by atoms with E-state index in [1.807, 2.05) is 0 Å². The zero-order valence-electron chi connectivity index (χ0n) is 28.5. The number of ether oxygens (including phenoxy) is 2. The maximum Gasteiger partial charge on any atom is 0.260 e. The lowest BCUT2D eigenvalue weighted by Crippen LogP contribution is -2.57. The van der Waals surface area contributed by atoms with Crippen molar-refractivity contribution in [2.75, 3.05) is 0 Å². The summed E-state index contributed by atoms with van der Waals surface area (Å²) < 4.78 is 19.2. The molecular weight excluding hydrogens is 647 g/mol. The van der Waals surface area contributed by atoms with Crippen LogP contribution in [0.1, 0.15) is 0 Å². The predicted octanol–water partition coefficient (Wildman–Crippen LogP) is 10.3. The van der Waals surface area contributed by atoms with Crippen LogP contribution in [-0.4, -0.2) is 15.8 Å². The van der Waals surface area contributed by atoms with Crippen LogP contribution in [0.2, 0.25) is 0 Å². The van der Waals surface area contributed by atoms with Gasteiger partial charge in [-0.3, -0.25) is 0 Å². The van der Waals surface area contributed by atoms with E-state index in [1.165, 1.54) is 10.8 Å². The van der Waals surface area contributed by atoms with Gasteiger partial charge in [-0.1, -0.05) is 127 Å². The third-order valence-electron chi connectivity index (χ3n) is 11.2. The number of hydrogen-bond donors (Lipinski definition) is 0. The first-order valence-corrected chi connectivity index (χ1v) is 18.1. The summed E-state index contributed by atoms with van der Waals surface area (Å²) in [5, 5.41) is 4.73. The summed E-state index contributed by atoms with van der Waals surface area (Å²) in [5.41, 5.74) is 12.1. The second-order valence-corrected chi connectivity index (χ2v) is 14.0. The molecule has 0 saturated heterocycles. The molecule has 246 valence electrons. The first-order valence-electron chi connectivity index (χ1n) is 18.1. The summed E-state index contributed by atoms with van der Waals surface area (Å²) in [7, 11) is 0. The summed E-state index contributed by atoms with van der Waals surface area (Å²) in [6.07, 6.45) is 0. The average Bonchev–Trinajstić information content (AvgIpc) is 3.75. The first-order chi connectivity index (χ1) is 26.3. The monoisotopic (exact) mass is 676 g/mol. The second kappa shape index (κ2) is 10.8. The van der Waals surface area contributed by atoms with Crippen LogP contribution in [0.25, 0.3) is 66.1 Å². The molecule has 2 aliphatic rings. The Labute approximate surface area is 305 Å². The summed E-state index contributed by atoms with van der Waals surface area (Å²) in [5.74, 6) is 3.41. The van der Waals surface area contributed by atoms with Crippen LogP contribution in [0.4, 0.5) is 0 Å². The van der Waals surface area contributed by atoms with Crippen molar-refractivity contribution in [2.24, 2.45) is 0 Å². The van der Waals surface area contributed by atoms with E-state index in [9.17, 15) is 0 Å². The molecule has 8 aromatic carbocycles. The molecule has 2 aliphatic heterocycles. The van der Waals surface area contributed by atoms with Crippen LogP contribution in [0, 0.1) is 0 Å². The Morgan fingerprint density at radius 1 is 0.377 bits per heavy atom. The van der Waals surface area contributed by atoms with Gasteiger partial charge in [0.25, 0.3) is 6.71 Å². The molecule has 2 aromatic heterocycles. The molecule has 10 aromatic rings. The normalized spacial score (nSPS) is 12.8. The minimum Gasteiger partial charge on any atom is -0.456 e. The molecular formula is C48H29BN2O2. The summed E-state index contributed by atoms with van der Waals surface area (Å²) in [6.45, 7) is -0.115. The smallest absolute Gasteiger partial charge is 0.260 e. The highest BCUT2D eigenvalue weighted by Gasteiger charge is 2.43. The van der Waals surface area contributed by atoms with E-state index in [2.05, 4.69) is 185 Å². The van der Waals surface area contributed by atoms with E-state index in [0.717, 1.165) is 94.7 Å². The van der Waals surface area contributed by atoms with Gasteiger partial charge in [0.2, 0.25) is 0 Å². The highest BCUT2D eigenvalue weighted by atomic mass is 16.5. The Bertz CT molecular complexity index is 2920. The van der Waals surface area contributed by atoms with Gasteiger partial charge in [0.1, 0.15) is 23.0 Å². The van der Waals surface area contributed by atoms with E-state index in [1.54, 1.807) is 0 Å². The van der Waals surface area contributed by atoms with E-state index in [4.69, 9.17) is 9.47 Å². The molecule has 0 N–H and O–H groups in total. The Kier molecular flexibility index (Phi) is 5.83. The molecule has 12 rings (SSSR count). The van der Waals surface area contributed by atoms with E-state index in [0.29, 0.717) is 0 Å². The Balaban J connectivity index is 1.22. The van der Waals surface area contributed by atoms with Crippen molar-refractivity contribution in [3.63, 3.8) is 0 Å². The number of para-hydroxylation sites is 4. The number of rotatable bonds is 3. The van der Waals surface area contributed by atoms with Gasteiger partial charge in [-0.25, -0.2) is 0 Å². The maximum absolute atomic E-state index is 7.23. The minimum absolute atomic E-state index is 0.115. The summed E-state index contributed by atoms with van der Waals surface area (Å²) in [6, 6.07) is 62.7. The highest BCUT2D eigenvalue weighted by Crippen LogP contribution is 2.46. The lowest BCUT2D eigenvalue weighted by Gasteiger charge is -2.34. The molecule has 0 saturated carbocycles. The van der Waals surface area contributed by atoms with Gasteiger partial charge in [0.15, 0.2) is 0 Å². The summed E-state index contributed by atoms with van der Waals surface area (Å²) in [4.78, 5) is 0. The van der Waals surface area contributed by atoms with E-state index in [-0.39, 0.29) is 6.71 Å². The number of hydrogen-bond acceptors (Lipinski definition) is 2. The molecule has 0 radical (unpaired) electrons. The van der Waals surface area contributed by atoms with Gasteiger partial charge < -0.3 is 18.6 Å². The maximum atomic E-state index is 7.23. The third kappa shape index (κ3) is 3.96. The third-order valence-corrected chi connectivity index (χ3v) is 11.2. The molecule has 0 bridgehead atoms. The topological polar surface area (TPSA) is 28.3 Å². The van der Waals surface area contributed by atoms with Gasteiger partial charge >= 0.3 is 0 Å². The minimum atomic E-state index is -0.115. The lowest BCUT2D eigenvalue weighted by atomic mass is 9.34. The zero-order chi connectivity index (χ0) is 34.6. The van der Waals surface area contributed by atoms with Crippen molar-refractivity contribution in [1.82, 2.24) is 9.13 Å². The Morgan fingerprint density at radius 2 is 0.811 bits per heavy atom. The van der Waals surface area contributed by atoms with Gasteiger partial charge in [0, 0.05) is 38.4 Å². The molecule has 0 atom stereocenters. The van der Waals surface area contributed by atoms with Crippen LogP contribution in [-0.2, 0) is 0 Å². The molecule has 0 spiro atoms. The number of nitrogens with zero attached hydrogens (tertiary/aromatic N) is 2. The number of fused-ring (bicyclic) bond motifs is 12. The quantitative estimate of drug-likeness (QED) is 0.174. The molecule has 0 unspecified atom stereocenters. The number of benzene rings is 8. The SMILES string of the molecule is c1ccc(-c2cc3c4c(c2)Oc2c(ccc5c6ccccc6n(-c6ccccc6)c25)B4c2ccc4c5ccccc5n(-c5ccccc5)c4c2O3)cc1. The van der Waals surface area contributed by atoms with Crippen LogP contribution in [0.15, 0.2) is 176 Å². The Morgan fingerprint density at radius 3 is 1.30 bits per heavy atom. The van der Waals surface area contributed by atoms with Crippen LogP contribution in [0.3, 0.4) is 0 Å². The molecule has 0 fully saturated rings. The zero-order valence-corrected chi connectivity index (χ0v) is 28.5. The van der Waals surface area contributed by atoms with Gasteiger partial charge in [-0.05, 0) is 70.6 Å². The van der Waals surface area contributed by atoms with E-state index >= 15 is 0 Å². The van der Waals surface area contributed by atoms with Crippen molar-refractivity contribution in [3.05, 3.63) is 176 Å². The molecule has 4 nitrogen and oxygen atoms in total. The van der Waals surface area contributed by atoms with Crippen molar-refractivity contribution in [3.8, 4) is 45.5 Å². The molecule has 0 aliphatic carbocycles. The second-order valence-electron chi connectivity index (χ2n) is 14.0. The van der Waals surface area contributed by atoms with Crippen LogP contribution >= 0.6 is 0 Å². The largest absolute Gasteiger partial charge is 0.456 e. The van der Waals surface area contributed by atoms with Crippen molar-refractivity contribution in [1.29, 1.82) is 0 Å². The predicted molar refractivity (Wildman–Crippen MR) is 218 cm³/mol. The first kappa shape index (κ1) is 28.7. The van der Waals surface area contributed by atoms with Gasteiger partial charge in [-0.15, -0.1) is 0 Å². The lowest BCUT2D eigenvalue weighted by molar-refractivity contribution is 0.468. The fourth-order valence-corrected chi connectivity index (χ4v) is 9.00. The molecule has 0 amide bonds. The van der Waals surface area contributed by atoms with Crippen molar-refractivity contribution in [2.45, 2.75) is 0 Å². The summed E-state index contributed by atoms with van der Waals surface area (Å²) >= 11 is 0. The fraction of sp³-hybridized carbons (Fsp3) is 0. The van der Waals surface area contributed by atoms with Crippen LogP contribution in [0.5, 0.6) is 23.0 Å². The van der Waals surface area contributed by atoms with Crippen LogP contribution < -0.4 is 25.9 Å². The highest BCUT2D eigenvalue weighted by molar-refractivity contribution is 6.98.